The molecule has 2 amide bonds. The molecule has 0 radical (unpaired) electrons. The van der Waals surface area contributed by atoms with Gasteiger partial charge in [0, 0.05) is 67.2 Å². The van der Waals surface area contributed by atoms with Gasteiger partial charge in [-0.1, -0.05) is 0 Å². The molecule has 0 aromatic rings. The Hall–Kier alpha value is -1.22. The molecule has 0 saturated heterocycles. The Kier molecular flexibility index (Phi) is 15.2. The summed E-state index contributed by atoms with van der Waals surface area (Å²) < 4.78 is 20.7. The number of amides is 2. The number of hydrogen-bond donors (Lipinski definition) is 1. The van der Waals surface area contributed by atoms with Crippen LogP contribution in [0.4, 0.5) is 0 Å². The second kappa shape index (κ2) is 16.0. The number of unbranched alkanes of at least 4 members (excludes halogenated alkanes) is 1. The Bertz CT molecular complexity index is 355. The highest BCUT2D eigenvalue weighted by atomic mass is 16.7. The van der Waals surface area contributed by atoms with Crippen LogP contribution in [0.2, 0.25) is 0 Å². The first-order valence-electron chi connectivity index (χ1n) is 9.15. The Labute approximate surface area is 157 Å². The first kappa shape index (κ1) is 24.8. The van der Waals surface area contributed by atoms with Crippen LogP contribution in [0.1, 0.15) is 51.4 Å². The molecule has 8 heteroatoms. The van der Waals surface area contributed by atoms with Gasteiger partial charge in [-0.2, -0.15) is 0 Å². The third-order valence-electron chi connectivity index (χ3n) is 4.20. The zero-order valence-electron chi connectivity index (χ0n) is 16.7. The van der Waals surface area contributed by atoms with Crippen molar-refractivity contribution in [3.63, 3.8) is 0 Å². The quantitative estimate of drug-likeness (QED) is 0.306. The Morgan fingerprint density at radius 1 is 0.769 bits per heavy atom. The van der Waals surface area contributed by atoms with Crippen molar-refractivity contribution in [3.05, 3.63) is 0 Å². The number of methoxy groups -OCH3 is 4. The van der Waals surface area contributed by atoms with E-state index in [4.69, 9.17) is 24.7 Å². The van der Waals surface area contributed by atoms with E-state index in [2.05, 4.69) is 0 Å². The molecule has 154 valence electrons. The van der Waals surface area contributed by atoms with Gasteiger partial charge in [0.2, 0.25) is 11.8 Å². The molecule has 0 aliphatic heterocycles. The van der Waals surface area contributed by atoms with Crippen LogP contribution in [0.5, 0.6) is 0 Å². The molecule has 0 atom stereocenters. The van der Waals surface area contributed by atoms with Gasteiger partial charge in [0.05, 0.1) is 0 Å². The van der Waals surface area contributed by atoms with Crippen LogP contribution in [-0.2, 0) is 28.5 Å². The minimum absolute atomic E-state index is 0.0900. The summed E-state index contributed by atoms with van der Waals surface area (Å²) in [5.74, 6) is -0.239. The van der Waals surface area contributed by atoms with Crippen LogP contribution in [0, 0.1) is 0 Å². The number of primary amides is 1. The second-order valence-corrected chi connectivity index (χ2v) is 6.14. The molecule has 0 heterocycles. The first-order valence-corrected chi connectivity index (χ1v) is 9.15. The fourth-order valence-corrected chi connectivity index (χ4v) is 2.66. The van der Waals surface area contributed by atoms with Gasteiger partial charge in [0.15, 0.2) is 12.6 Å². The minimum Gasteiger partial charge on any atom is -0.370 e. The van der Waals surface area contributed by atoms with Gasteiger partial charge in [-0.15, -0.1) is 0 Å². The number of carbonyl (C=O) groups excluding carboxylic acids is 2. The van der Waals surface area contributed by atoms with Crippen molar-refractivity contribution in [1.82, 2.24) is 4.90 Å². The van der Waals surface area contributed by atoms with Crippen molar-refractivity contribution in [1.29, 1.82) is 0 Å². The molecule has 0 spiro atoms. The smallest absolute Gasteiger partial charge is 0.222 e. The van der Waals surface area contributed by atoms with Crippen LogP contribution < -0.4 is 5.73 Å². The molecule has 0 fully saturated rings. The van der Waals surface area contributed by atoms with E-state index in [1.54, 1.807) is 28.4 Å². The fourth-order valence-electron chi connectivity index (χ4n) is 2.66. The summed E-state index contributed by atoms with van der Waals surface area (Å²) in [6.45, 7) is 1.28. The van der Waals surface area contributed by atoms with Crippen molar-refractivity contribution in [2.24, 2.45) is 5.73 Å². The van der Waals surface area contributed by atoms with E-state index in [1.165, 1.54) is 0 Å². The third-order valence-corrected chi connectivity index (χ3v) is 4.20. The summed E-state index contributed by atoms with van der Waals surface area (Å²) >= 11 is 0. The number of ether oxygens (including phenoxy) is 4. The SMILES string of the molecule is COC(CCCN(CCCC(OC)OC)C(=O)CCCCC(N)=O)OC. The monoisotopic (exact) mass is 376 g/mol. The van der Waals surface area contributed by atoms with Crippen LogP contribution in [-0.4, -0.2) is 70.8 Å². The standard InChI is InChI=1S/C18H36N2O6/c1-23-17(24-2)11-7-13-20(14-8-12-18(25-3)26-4)16(22)10-6-5-9-15(19)21/h17-18H,5-14H2,1-4H3,(H2,19,21). The van der Waals surface area contributed by atoms with Crippen LogP contribution in [0.25, 0.3) is 0 Å². The molecule has 2 N–H and O–H groups in total. The number of nitrogens with zero attached hydrogens (tertiary/aromatic N) is 1. The highest BCUT2D eigenvalue weighted by Crippen LogP contribution is 2.10. The minimum atomic E-state index is -0.329. The third kappa shape index (κ3) is 12.2. The molecular weight excluding hydrogens is 340 g/mol. The summed E-state index contributed by atoms with van der Waals surface area (Å²) in [7, 11) is 6.41. The lowest BCUT2D eigenvalue weighted by Gasteiger charge is -2.24. The highest BCUT2D eigenvalue weighted by molar-refractivity contribution is 5.76. The molecule has 0 aromatic carbocycles. The molecule has 0 unspecified atom stereocenters. The van der Waals surface area contributed by atoms with E-state index in [9.17, 15) is 9.59 Å². The molecular formula is C18H36N2O6. The lowest BCUT2D eigenvalue weighted by molar-refractivity contribution is -0.133. The van der Waals surface area contributed by atoms with Crippen LogP contribution in [0.15, 0.2) is 0 Å². The summed E-state index contributed by atoms with van der Waals surface area (Å²) in [6.07, 6.45) is 4.55. The molecule has 0 aliphatic rings. The average molecular weight is 376 g/mol. The van der Waals surface area contributed by atoms with E-state index in [0.29, 0.717) is 38.8 Å². The zero-order chi connectivity index (χ0) is 19.8. The molecule has 0 aromatic heterocycles. The molecule has 8 nitrogen and oxygen atoms in total. The van der Waals surface area contributed by atoms with Crippen molar-refractivity contribution < 1.29 is 28.5 Å². The highest BCUT2D eigenvalue weighted by Gasteiger charge is 2.15. The van der Waals surface area contributed by atoms with E-state index in [1.807, 2.05) is 4.90 Å². The summed E-state index contributed by atoms with van der Waals surface area (Å²) in [6, 6.07) is 0. The van der Waals surface area contributed by atoms with E-state index in [-0.39, 0.29) is 24.4 Å². The lowest BCUT2D eigenvalue weighted by Crippen LogP contribution is -2.34. The number of carbonyl (C=O) groups is 2. The summed E-state index contributed by atoms with van der Waals surface area (Å²) in [4.78, 5) is 25.1. The topological polar surface area (TPSA) is 100 Å². The van der Waals surface area contributed by atoms with Gasteiger partial charge >= 0.3 is 0 Å². The van der Waals surface area contributed by atoms with Crippen molar-refractivity contribution in [2.75, 3.05) is 41.5 Å². The maximum absolute atomic E-state index is 12.5. The van der Waals surface area contributed by atoms with Gasteiger partial charge in [-0.25, -0.2) is 0 Å². The molecule has 0 saturated carbocycles. The van der Waals surface area contributed by atoms with Crippen molar-refractivity contribution >= 4 is 11.8 Å². The fraction of sp³-hybridized carbons (Fsp3) is 0.889. The molecule has 0 aliphatic carbocycles. The Morgan fingerprint density at radius 2 is 1.19 bits per heavy atom. The van der Waals surface area contributed by atoms with E-state index in [0.717, 1.165) is 25.7 Å². The average Bonchev–Trinajstić information content (AvgIpc) is 2.63. The van der Waals surface area contributed by atoms with Gasteiger partial charge in [0.1, 0.15) is 0 Å². The Balaban J connectivity index is 4.40. The maximum Gasteiger partial charge on any atom is 0.222 e. The zero-order valence-corrected chi connectivity index (χ0v) is 16.7. The number of hydrogen-bond acceptors (Lipinski definition) is 6. The maximum atomic E-state index is 12.5. The second-order valence-electron chi connectivity index (χ2n) is 6.14. The molecule has 26 heavy (non-hydrogen) atoms. The van der Waals surface area contributed by atoms with E-state index >= 15 is 0 Å². The largest absolute Gasteiger partial charge is 0.370 e. The normalized spacial score (nSPS) is 11.3. The Morgan fingerprint density at radius 3 is 1.58 bits per heavy atom. The van der Waals surface area contributed by atoms with Crippen LogP contribution >= 0.6 is 0 Å². The van der Waals surface area contributed by atoms with Gasteiger partial charge in [-0.05, 0) is 25.7 Å². The molecule has 0 rings (SSSR count). The van der Waals surface area contributed by atoms with Crippen LogP contribution in [0.3, 0.4) is 0 Å². The van der Waals surface area contributed by atoms with Crippen molar-refractivity contribution in [2.45, 2.75) is 63.9 Å². The summed E-state index contributed by atoms with van der Waals surface area (Å²) in [5.41, 5.74) is 5.13. The predicted molar refractivity (Wildman–Crippen MR) is 98.3 cm³/mol. The van der Waals surface area contributed by atoms with Gasteiger partial charge < -0.3 is 29.6 Å². The number of rotatable bonds is 17. The summed E-state index contributed by atoms with van der Waals surface area (Å²) in [5, 5.41) is 0. The van der Waals surface area contributed by atoms with E-state index < -0.39 is 0 Å². The predicted octanol–water partition coefficient (Wildman–Crippen LogP) is 1.66. The number of nitrogens with two attached hydrogens (primary N) is 1. The molecule has 0 bridgehead atoms. The van der Waals surface area contributed by atoms with Gasteiger partial charge in [-0.3, -0.25) is 9.59 Å². The van der Waals surface area contributed by atoms with Gasteiger partial charge in [0.25, 0.3) is 0 Å². The first-order chi connectivity index (χ1) is 12.5. The lowest BCUT2D eigenvalue weighted by atomic mass is 10.1. The van der Waals surface area contributed by atoms with Crippen molar-refractivity contribution in [3.8, 4) is 0 Å².